The first-order valence-electron chi connectivity index (χ1n) is 10.0. The maximum absolute atomic E-state index is 13.0. The van der Waals surface area contributed by atoms with Crippen molar-refractivity contribution in [2.45, 2.75) is 30.1 Å². The Morgan fingerprint density at radius 2 is 1.90 bits per heavy atom. The average Bonchev–Trinajstić information content (AvgIpc) is 3.40. The molecule has 1 saturated heterocycles. The van der Waals surface area contributed by atoms with Gasteiger partial charge in [-0.1, -0.05) is 46.9 Å². The molecule has 0 bridgehead atoms. The predicted molar refractivity (Wildman–Crippen MR) is 122 cm³/mol. The van der Waals surface area contributed by atoms with E-state index >= 15 is 0 Å². The molecule has 1 aromatic heterocycles. The standard InChI is InChI=1S/C23H25F3N2OS2/c1-31(29,21-5-2-4-19(14-21)23(24,25)26)27-20-11-12-28(16-20)15-17-7-9-18(10-8-17)22-6-3-13-30-22/h2-10,13-14,20,27,29H,11-12,15-16H2,1H3. The molecular weight excluding hydrogens is 441 g/mol. The highest BCUT2D eigenvalue weighted by atomic mass is 32.3. The normalized spacial score (nSPS) is 20.5. The number of nitrogens with one attached hydrogen (secondary N) is 1. The molecule has 0 saturated carbocycles. The van der Waals surface area contributed by atoms with E-state index in [9.17, 15) is 17.7 Å². The van der Waals surface area contributed by atoms with Gasteiger partial charge in [0.05, 0.1) is 5.56 Å². The first-order chi connectivity index (χ1) is 14.7. The molecule has 2 heterocycles. The summed E-state index contributed by atoms with van der Waals surface area (Å²) in [6.45, 7) is 2.43. The zero-order valence-corrected chi connectivity index (χ0v) is 18.7. The van der Waals surface area contributed by atoms with Crippen LogP contribution in [0.15, 0.2) is 70.9 Å². The molecule has 8 heteroatoms. The highest BCUT2D eigenvalue weighted by molar-refractivity contribution is 8.27. The molecule has 31 heavy (non-hydrogen) atoms. The van der Waals surface area contributed by atoms with Crippen LogP contribution in [0.5, 0.6) is 0 Å². The van der Waals surface area contributed by atoms with Crippen molar-refractivity contribution < 1.29 is 17.7 Å². The van der Waals surface area contributed by atoms with Crippen molar-refractivity contribution >= 4 is 21.8 Å². The fourth-order valence-electron chi connectivity index (χ4n) is 3.86. The van der Waals surface area contributed by atoms with Crippen LogP contribution in [0, 0.1) is 0 Å². The van der Waals surface area contributed by atoms with E-state index in [0.717, 1.165) is 38.2 Å². The second kappa shape index (κ2) is 8.96. The molecule has 1 aliphatic rings. The van der Waals surface area contributed by atoms with Crippen LogP contribution >= 0.6 is 21.8 Å². The summed E-state index contributed by atoms with van der Waals surface area (Å²) in [6, 6.07) is 17.7. The van der Waals surface area contributed by atoms with Crippen LogP contribution in [0.3, 0.4) is 0 Å². The van der Waals surface area contributed by atoms with Gasteiger partial charge in [0.15, 0.2) is 0 Å². The smallest absolute Gasteiger partial charge is 0.334 e. The van der Waals surface area contributed by atoms with E-state index in [4.69, 9.17) is 0 Å². The molecule has 1 aliphatic heterocycles. The molecule has 3 aromatic rings. The monoisotopic (exact) mass is 466 g/mol. The molecule has 2 atom stereocenters. The number of hydrogen-bond donors (Lipinski definition) is 2. The van der Waals surface area contributed by atoms with Gasteiger partial charge < -0.3 is 4.55 Å². The molecule has 166 valence electrons. The highest BCUT2D eigenvalue weighted by Crippen LogP contribution is 2.47. The van der Waals surface area contributed by atoms with Crippen molar-refractivity contribution in [3.63, 3.8) is 0 Å². The zero-order chi connectivity index (χ0) is 22.1. The Balaban J connectivity index is 1.35. The number of hydrogen-bond acceptors (Lipinski definition) is 4. The highest BCUT2D eigenvalue weighted by Gasteiger charge is 2.33. The van der Waals surface area contributed by atoms with Crippen molar-refractivity contribution in [3.8, 4) is 10.4 Å². The fourth-order valence-corrected chi connectivity index (χ4v) is 6.27. The van der Waals surface area contributed by atoms with Gasteiger partial charge in [-0.05, 0) is 47.2 Å². The van der Waals surface area contributed by atoms with E-state index in [1.54, 1.807) is 23.7 Å². The summed E-state index contributed by atoms with van der Waals surface area (Å²) in [4.78, 5) is 3.85. The summed E-state index contributed by atoms with van der Waals surface area (Å²) in [6.07, 6.45) is -1.99. The Bertz CT molecular complexity index is 1000. The Labute approximate surface area is 186 Å². The molecule has 2 aromatic carbocycles. The number of benzene rings is 2. The van der Waals surface area contributed by atoms with Gasteiger partial charge in [0.2, 0.25) is 0 Å². The number of alkyl halides is 3. The van der Waals surface area contributed by atoms with E-state index in [2.05, 4.69) is 45.3 Å². The summed E-state index contributed by atoms with van der Waals surface area (Å²) < 4.78 is 53.2. The first kappa shape index (κ1) is 22.4. The Morgan fingerprint density at radius 1 is 1.13 bits per heavy atom. The molecule has 0 amide bonds. The molecule has 0 aliphatic carbocycles. The summed E-state index contributed by atoms with van der Waals surface area (Å²) >= 11 is 1.72. The molecule has 4 rings (SSSR count). The van der Waals surface area contributed by atoms with E-state index in [1.165, 1.54) is 22.1 Å². The minimum atomic E-state index is -4.42. The Hall–Kier alpha value is -1.84. The average molecular weight is 467 g/mol. The maximum atomic E-state index is 13.0. The van der Waals surface area contributed by atoms with Crippen LogP contribution in [0.4, 0.5) is 13.2 Å². The maximum Gasteiger partial charge on any atom is 0.416 e. The number of likely N-dealkylation sites (tertiary alicyclic amines) is 1. The third-order valence-corrected chi connectivity index (χ3v) is 8.34. The van der Waals surface area contributed by atoms with Gasteiger partial charge in [-0.15, -0.1) is 11.3 Å². The number of nitrogens with zero attached hydrogens (tertiary/aromatic N) is 1. The first-order valence-corrected chi connectivity index (χ1v) is 12.9. The van der Waals surface area contributed by atoms with Crippen LogP contribution in [-0.2, 0) is 12.7 Å². The van der Waals surface area contributed by atoms with Gasteiger partial charge in [0, 0.05) is 41.7 Å². The number of thiophene rings is 1. The lowest BCUT2D eigenvalue weighted by molar-refractivity contribution is -0.137. The van der Waals surface area contributed by atoms with Crippen molar-refractivity contribution in [3.05, 3.63) is 77.2 Å². The van der Waals surface area contributed by atoms with Crippen LogP contribution in [0.25, 0.3) is 10.4 Å². The van der Waals surface area contributed by atoms with Gasteiger partial charge in [-0.3, -0.25) is 9.62 Å². The van der Waals surface area contributed by atoms with Gasteiger partial charge in [-0.2, -0.15) is 13.2 Å². The van der Waals surface area contributed by atoms with E-state index in [-0.39, 0.29) is 6.04 Å². The number of halogens is 3. The van der Waals surface area contributed by atoms with E-state index < -0.39 is 22.2 Å². The lowest BCUT2D eigenvalue weighted by Gasteiger charge is -2.34. The lowest BCUT2D eigenvalue weighted by atomic mass is 10.1. The van der Waals surface area contributed by atoms with Gasteiger partial charge in [0.1, 0.15) is 0 Å². The number of rotatable bonds is 6. The molecule has 2 unspecified atom stereocenters. The molecular formula is C23H25F3N2OS2. The minimum absolute atomic E-state index is 0.0323. The van der Waals surface area contributed by atoms with Gasteiger partial charge >= 0.3 is 6.18 Å². The third kappa shape index (κ3) is 5.51. The largest absolute Gasteiger partial charge is 0.416 e. The van der Waals surface area contributed by atoms with Crippen LogP contribution < -0.4 is 4.72 Å². The Kier molecular flexibility index (Phi) is 6.46. The van der Waals surface area contributed by atoms with Crippen molar-refractivity contribution in [2.75, 3.05) is 19.3 Å². The molecule has 0 radical (unpaired) electrons. The minimum Gasteiger partial charge on any atom is -0.334 e. The predicted octanol–water partition coefficient (Wildman–Crippen LogP) is 6.48. The fraction of sp³-hybridized carbons (Fsp3) is 0.304. The van der Waals surface area contributed by atoms with Crippen molar-refractivity contribution in [1.29, 1.82) is 0 Å². The van der Waals surface area contributed by atoms with Crippen LogP contribution in [0.1, 0.15) is 17.5 Å². The lowest BCUT2D eigenvalue weighted by Crippen LogP contribution is -2.34. The van der Waals surface area contributed by atoms with Gasteiger partial charge in [0.25, 0.3) is 0 Å². The summed E-state index contributed by atoms with van der Waals surface area (Å²) in [5.74, 6) is 0. The zero-order valence-electron chi connectivity index (χ0n) is 17.1. The molecule has 3 nitrogen and oxygen atoms in total. The van der Waals surface area contributed by atoms with Gasteiger partial charge in [-0.25, -0.2) is 0 Å². The summed E-state index contributed by atoms with van der Waals surface area (Å²) in [5.41, 5.74) is 1.69. The van der Waals surface area contributed by atoms with Crippen molar-refractivity contribution in [2.24, 2.45) is 0 Å². The topological polar surface area (TPSA) is 35.5 Å². The van der Waals surface area contributed by atoms with Crippen LogP contribution in [-0.4, -0.2) is 34.8 Å². The van der Waals surface area contributed by atoms with Crippen molar-refractivity contribution in [1.82, 2.24) is 9.62 Å². The van der Waals surface area contributed by atoms with E-state index in [1.807, 2.05) is 6.07 Å². The third-order valence-electron chi connectivity index (χ3n) is 5.45. The summed E-state index contributed by atoms with van der Waals surface area (Å²) in [7, 11) is -2.53. The molecule has 0 spiro atoms. The van der Waals surface area contributed by atoms with E-state index in [0.29, 0.717) is 4.90 Å². The quantitative estimate of drug-likeness (QED) is 0.436. The SMILES string of the molecule is CS(O)(NC1CCN(Cc2ccc(-c3cccs3)cc2)C1)c1cccc(C(F)(F)F)c1. The van der Waals surface area contributed by atoms with Crippen LogP contribution in [0.2, 0.25) is 0 Å². The molecule has 1 fully saturated rings. The molecule has 2 N–H and O–H groups in total. The summed E-state index contributed by atoms with van der Waals surface area (Å²) in [5, 5.41) is 2.07. The second-order valence-corrected chi connectivity index (χ2v) is 11.3. The second-order valence-electron chi connectivity index (χ2n) is 7.91. The Morgan fingerprint density at radius 3 is 2.58 bits per heavy atom.